The average molecular weight is 344 g/mol. The van der Waals surface area contributed by atoms with E-state index in [4.69, 9.17) is 9.47 Å². The van der Waals surface area contributed by atoms with Crippen LogP contribution < -0.4 is 0 Å². The molecule has 1 rings (SSSR count). The molecule has 0 aromatic carbocycles. The van der Waals surface area contributed by atoms with Gasteiger partial charge in [0.2, 0.25) is 0 Å². The van der Waals surface area contributed by atoms with Crippen LogP contribution in [0, 0.1) is 0 Å². The van der Waals surface area contributed by atoms with Gasteiger partial charge in [0.15, 0.2) is 0 Å². The standard InChI is InChI=1S/C19H36O5/c1-2-3-4-5-6-7-8-9-10-11-12-13-23-17(14-20)19-18(22)16(21)15-24-19/h9-10,16-22H,2-8,11-15H2,1H3/b10-9+/t16-,17+,18+,19+/m1/s1. The zero-order chi connectivity index (χ0) is 17.6. The summed E-state index contributed by atoms with van der Waals surface area (Å²) >= 11 is 0. The third-order valence-corrected chi connectivity index (χ3v) is 4.47. The van der Waals surface area contributed by atoms with Crippen LogP contribution in [0.25, 0.3) is 0 Å². The van der Waals surface area contributed by atoms with Crippen molar-refractivity contribution in [1.82, 2.24) is 0 Å². The number of allylic oxidation sites excluding steroid dienone is 2. The first-order valence-corrected chi connectivity index (χ1v) is 9.55. The molecule has 0 amide bonds. The van der Waals surface area contributed by atoms with Crippen LogP contribution in [-0.2, 0) is 9.47 Å². The minimum atomic E-state index is -0.987. The molecule has 0 aromatic rings. The van der Waals surface area contributed by atoms with Crippen molar-refractivity contribution in [3.8, 4) is 0 Å². The van der Waals surface area contributed by atoms with Gasteiger partial charge in [-0.05, 0) is 25.7 Å². The fraction of sp³-hybridized carbons (Fsp3) is 0.895. The molecule has 0 saturated carbocycles. The van der Waals surface area contributed by atoms with E-state index in [1.54, 1.807) is 0 Å². The molecule has 5 nitrogen and oxygen atoms in total. The summed E-state index contributed by atoms with van der Waals surface area (Å²) in [6.07, 6.45) is 12.2. The largest absolute Gasteiger partial charge is 0.394 e. The molecular weight excluding hydrogens is 308 g/mol. The Morgan fingerprint density at radius 3 is 2.33 bits per heavy atom. The third kappa shape index (κ3) is 8.58. The summed E-state index contributed by atoms with van der Waals surface area (Å²) in [5, 5.41) is 28.6. The highest BCUT2D eigenvalue weighted by atomic mass is 16.6. The average Bonchev–Trinajstić information content (AvgIpc) is 2.92. The maximum atomic E-state index is 9.77. The van der Waals surface area contributed by atoms with Crippen LogP contribution in [0.1, 0.15) is 64.7 Å². The molecule has 1 heterocycles. The Kier molecular flexibility index (Phi) is 12.4. The molecule has 142 valence electrons. The zero-order valence-corrected chi connectivity index (χ0v) is 15.1. The molecule has 1 saturated heterocycles. The Bertz CT molecular complexity index is 321. The van der Waals surface area contributed by atoms with Crippen LogP contribution in [0.4, 0.5) is 0 Å². The Balaban J connectivity index is 1.99. The van der Waals surface area contributed by atoms with E-state index in [2.05, 4.69) is 19.1 Å². The minimum Gasteiger partial charge on any atom is -0.394 e. The van der Waals surface area contributed by atoms with Crippen molar-refractivity contribution >= 4 is 0 Å². The molecule has 5 heteroatoms. The van der Waals surface area contributed by atoms with E-state index < -0.39 is 24.4 Å². The quantitative estimate of drug-likeness (QED) is 0.333. The second-order valence-corrected chi connectivity index (χ2v) is 6.62. The fourth-order valence-electron chi connectivity index (χ4n) is 2.92. The molecule has 0 aliphatic carbocycles. The normalized spacial score (nSPS) is 25.6. The van der Waals surface area contributed by atoms with E-state index >= 15 is 0 Å². The predicted octanol–water partition coefficient (Wildman–Crippen LogP) is 2.57. The lowest BCUT2D eigenvalue weighted by Gasteiger charge is -2.24. The first-order chi connectivity index (χ1) is 11.7. The smallest absolute Gasteiger partial charge is 0.114 e. The maximum absolute atomic E-state index is 9.77. The minimum absolute atomic E-state index is 0.0902. The van der Waals surface area contributed by atoms with Crippen molar-refractivity contribution in [1.29, 1.82) is 0 Å². The van der Waals surface area contributed by atoms with Gasteiger partial charge >= 0.3 is 0 Å². The van der Waals surface area contributed by atoms with E-state index in [1.807, 2.05) is 0 Å². The molecule has 4 atom stereocenters. The summed E-state index contributed by atoms with van der Waals surface area (Å²) in [5.41, 5.74) is 0. The van der Waals surface area contributed by atoms with Gasteiger partial charge in [-0.2, -0.15) is 0 Å². The van der Waals surface area contributed by atoms with Crippen molar-refractivity contribution in [2.45, 2.75) is 89.1 Å². The summed E-state index contributed by atoms with van der Waals surface area (Å²) in [6, 6.07) is 0. The second kappa shape index (κ2) is 13.8. The van der Waals surface area contributed by atoms with Crippen LogP contribution in [0.5, 0.6) is 0 Å². The lowest BCUT2D eigenvalue weighted by atomic mass is 10.1. The topological polar surface area (TPSA) is 79.2 Å². The van der Waals surface area contributed by atoms with Crippen molar-refractivity contribution < 1.29 is 24.8 Å². The molecule has 24 heavy (non-hydrogen) atoms. The van der Waals surface area contributed by atoms with Crippen molar-refractivity contribution in [2.24, 2.45) is 0 Å². The molecule has 3 N–H and O–H groups in total. The Hall–Kier alpha value is -0.460. The Morgan fingerprint density at radius 2 is 1.71 bits per heavy atom. The summed E-state index contributed by atoms with van der Waals surface area (Å²) in [4.78, 5) is 0. The molecule has 0 radical (unpaired) electrons. The number of ether oxygens (including phenoxy) is 2. The van der Waals surface area contributed by atoms with Gasteiger partial charge in [0.1, 0.15) is 24.4 Å². The number of aliphatic hydroxyl groups excluding tert-OH is 3. The van der Waals surface area contributed by atoms with Crippen LogP contribution >= 0.6 is 0 Å². The maximum Gasteiger partial charge on any atom is 0.114 e. The lowest BCUT2D eigenvalue weighted by Crippen LogP contribution is -2.42. The van der Waals surface area contributed by atoms with Gasteiger partial charge in [-0.15, -0.1) is 0 Å². The molecule has 0 unspecified atom stereocenters. The zero-order valence-electron chi connectivity index (χ0n) is 15.1. The highest BCUT2D eigenvalue weighted by Crippen LogP contribution is 2.19. The summed E-state index contributed by atoms with van der Waals surface area (Å²) in [6.45, 7) is 2.62. The number of rotatable bonds is 14. The summed E-state index contributed by atoms with van der Waals surface area (Å²) in [7, 11) is 0. The van der Waals surface area contributed by atoms with Crippen LogP contribution in [0.15, 0.2) is 12.2 Å². The van der Waals surface area contributed by atoms with Gasteiger partial charge in [0.25, 0.3) is 0 Å². The van der Waals surface area contributed by atoms with E-state index in [0.717, 1.165) is 19.3 Å². The van der Waals surface area contributed by atoms with Crippen LogP contribution in [-0.4, -0.2) is 59.6 Å². The molecule has 1 aliphatic heterocycles. The molecule has 0 spiro atoms. The highest BCUT2D eigenvalue weighted by molar-refractivity contribution is 4.88. The van der Waals surface area contributed by atoms with Crippen LogP contribution in [0.3, 0.4) is 0 Å². The Labute approximate surface area is 146 Å². The van der Waals surface area contributed by atoms with Gasteiger partial charge in [0, 0.05) is 6.61 Å². The number of aliphatic hydroxyl groups is 3. The van der Waals surface area contributed by atoms with E-state index in [-0.39, 0.29) is 13.2 Å². The van der Waals surface area contributed by atoms with Gasteiger partial charge in [-0.25, -0.2) is 0 Å². The van der Waals surface area contributed by atoms with Crippen molar-refractivity contribution in [3.63, 3.8) is 0 Å². The monoisotopic (exact) mass is 344 g/mol. The highest BCUT2D eigenvalue weighted by Gasteiger charge is 2.40. The summed E-state index contributed by atoms with van der Waals surface area (Å²) in [5.74, 6) is 0. The van der Waals surface area contributed by atoms with E-state index in [1.165, 1.54) is 38.5 Å². The fourth-order valence-corrected chi connectivity index (χ4v) is 2.92. The molecule has 0 bridgehead atoms. The van der Waals surface area contributed by atoms with Gasteiger partial charge in [-0.1, -0.05) is 51.2 Å². The predicted molar refractivity (Wildman–Crippen MR) is 94.9 cm³/mol. The molecule has 0 aromatic heterocycles. The van der Waals surface area contributed by atoms with Gasteiger partial charge in [-0.3, -0.25) is 0 Å². The van der Waals surface area contributed by atoms with Gasteiger partial charge in [0.05, 0.1) is 13.2 Å². The lowest BCUT2D eigenvalue weighted by molar-refractivity contribution is -0.101. The van der Waals surface area contributed by atoms with Crippen LogP contribution in [0.2, 0.25) is 0 Å². The van der Waals surface area contributed by atoms with Crippen molar-refractivity contribution in [3.05, 3.63) is 12.2 Å². The third-order valence-electron chi connectivity index (χ3n) is 4.47. The number of hydrogen-bond acceptors (Lipinski definition) is 5. The number of hydrogen-bond donors (Lipinski definition) is 3. The first-order valence-electron chi connectivity index (χ1n) is 9.55. The Morgan fingerprint density at radius 1 is 1.04 bits per heavy atom. The molecule has 1 aliphatic rings. The van der Waals surface area contributed by atoms with Gasteiger partial charge < -0.3 is 24.8 Å². The SMILES string of the molecule is CCCCCCCC/C=C/CCCO[C@@H](CO)[C@@H]1OC[C@@H](O)[C@@H]1O. The second-order valence-electron chi connectivity index (χ2n) is 6.62. The molecule has 1 fully saturated rings. The molecular formula is C19H36O5. The van der Waals surface area contributed by atoms with Crippen molar-refractivity contribution in [2.75, 3.05) is 19.8 Å². The summed E-state index contributed by atoms with van der Waals surface area (Å²) < 4.78 is 10.9. The number of unbranched alkanes of at least 4 members (excludes halogenated alkanes) is 7. The van der Waals surface area contributed by atoms with E-state index in [9.17, 15) is 15.3 Å². The first kappa shape index (κ1) is 21.6. The van der Waals surface area contributed by atoms with E-state index in [0.29, 0.717) is 6.61 Å².